The molecule has 2 rings (SSSR count). The number of aryl methyl sites for hydroxylation is 1. The van der Waals surface area contributed by atoms with E-state index in [-0.39, 0.29) is 5.03 Å². The second-order valence-electron chi connectivity index (χ2n) is 3.12. The summed E-state index contributed by atoms with van der Waals surface area (Å²) in [5.74, 6) is 0. The monoisotopic (exact) mass is 211 g/mol. The van der Waals surface area contributed by atoms with Gasteiger partial charge in [-0.2, -0.15) is 5.10 Å². The molecule has 1 aromatic heterocycles. The van der Waals surface area contributed by atoms with Crippen LogP contribution in [0.1, 0.15) is 5.56 Å². The summed E-state index contributed by atoms with van der Waals surface area (Å²) in [6, 6.07) is 5.34. The topological polar surface area (TPSA) is 88.8 Å². The van der Waals surface area contributed by atoms with Crippen molar-refractivity contribution in [3.8, 4) is 0 Å². The van der Waals surface area contributed by atoms with Gasteiger partial charge in [0.2, 0.25) is 0 Å². The highest BCUT2D eigenvalue weighted by molar-refractivity contribution is 7.89. The third-order valence-corrected chi connectivity index (χ3v) is 2.84. The van der Waals surface area contributed by atoms with E-state index in [1.165, 1.54) is 0 Å². The quantitative estimate of drug-likeness (QED) is 0.720. The van der Waals surface area contributed by atoms with E-state index in [0.29, 0.717) is 10.9 Å². The number of nitrogens with two attached hydrogens (primary N) is 1. The number of primary sulfonamides is 1. The number of nitrogens with one attached hydrogen (secondary N) is 1. The van der Waals surface area contributed by atoms with Gasteiger partial charge < -0.3 is 0 Å². The second kappa shape index (κ2) is 2.79. The minimum absolute atomic E-state index is 0.0313. The van der Waals surface area contributed by atoms with Crippen LogP contribution >= 0.6 is 0 Å². The van der Waals surface area contributed by atoms with E-state index in [2.05, 4.69) is 10.2 Å². The van der Waals surface area contributed by atoms with E-state index in [1.54, 1.807) is 12.1 Å². The van der Waals surface area contributed by atoms with Crippen molar-refractivity contribution in [2.45, 2.75) is 11.9 Å². The number of hydrogen-bond acceptors (Lipinski definition) is 3. The van der Waals surface area contributed by atoms with Crippen LogP contribution < -0.4 is 5.14 Å². The summed E-state index contributed by atoms with van der Waals surface area (Å²) in [6.45, 7) is 1.87. The lowest BCUT2D eigenvalue weighted by molar-refractivity contribution is 0.594. The summed E-state index contributed by atoms with van der Waals surface area (Å²) in [5, 5.41) is 11.8. The highest BCUT2D eigenvalue weighted by Gasteiger charge is 2.15. The van der Waals surface area contributed by atoms with E-state index in [1.807, 2.05) is 13.0 Å². The summed E-state index contributed by atoms with van der Waals surface area (Å²) in [4.78, 5) is 0. The first-order chi connectivity index (χ1) is 6.48. The number of fused-ring (bicyclic) bond motifs is 1. The summed E-state index contributed by atoms with van der Waals surface area (Å²) < 4.78 is 22.3. The molecular formula is C8H9N3O2S. The molecule has 0 saturated heterocycles. The lowest BCUT2D eigenvalue weighted by Crippen LogP contribution is -2.12. The van der Waals surface area contributed by atoms with Crippen LogP contribution in [0.25, 0.3) is 10.9 Å². The molecule has 0 amide bonds. The first-order valence-electron chi connectivity index (χ1n) is 3.96. The molecule has 1 heterocycles. The fraction of sp³-hybridized carbons (Fsp3) is 0.125. The molecule has 0 unspecified atom stereocenters. The van der Waals surface area contributed by atoms with Crippen molar-refractivity contribution in [3.05, 3.63) is 23.8 Å². The predicted molar refractivity (Wildman–Crippen MR) is 52.2 cm³/mol. The van der Waals surface area contributed by atoms with Crippen LogP contribution in [-0.4, -0.2) is 18.6 Å². The van der Waals surface area contributed by atoms with E-state index in [0.717, 1.165) is 5.56 Å². The highest BCUT2D eigenvalue weighted by Crippen LogP contribution is 2.19. The first-order valence-corrected chi connectivity index (χ1v) is 5.50. The number of rotatable bonds is 1. The van der Waals surface area contributed by atoms with Gasteiger partial charge in [-0.3, -0.25) is 5.10 Å². The Morgan fingerprint density at radius 1 is 1.43 bits per heavy atom. The lowest BCUT2D eigenvalue weighted by atomic mass is 10.2. The zero-order valence-electron chi connectivity index (χ0n) is 7.48. The van der Waals surface area contributed by atoms with Crippen molar-refractivity contribution < 1.29 is 8.42 Å². The van der Waals surface area contributed by atoms with E-state index < -0.39 is 10.0 Å². The average Bonchev–Trinajstić information content (AvgIpc) is 2.45. The normalized spacial score (nSPS) is 12.1. The van der Waals surface area contributed by atoms with E-state index >= 15 is 0 Å². The summed E-state index contributed by atoms with van der Waals surface area (Å²) in [5.41, 5.74) is 1.56. The molecule has 0 aliphatic rings. The molecule has 6 heteroatoms. The number of benzene rings is 1. The SMILES string of the molecule is Cc1ccc2n[nH]c(S(N)(=O)=O)c2c1. The molecule has 5 nitrogen and oxygen atoms in total. The van der Waals surface area contributed by atoms with Crippen LogP contribution in [0.5, 0.6) is 0 Å². The van der Waals surface area contributed by atoms with Gasteiger partial charge in [0, 0.05) is 5.39 Å². The molecule has 0 spiro atoms. The van der Waals surface area contributed by atoms with Crippen molar-refractivity contribution in [2.75, 3.05) is 0 Å². The maximum absolute atomic E-state index is 11.1. The molecule has 2 aromatic rings. The van der Waals surface area contributed by atoms with Crippen molar-refractivity contribution in [2.24, 2.45) is 5.14 Å². The Morgan fingerprint density at radius 2 is 2.14 bits per heavy atom. The molecule has 0 saturated carbocycles. The molecule has 0 aliphatic heterocycles. The first kappa shape index (κ1) is 9.17. The molecule has 1 aromatic carbocycles. The van der Waals surface area contributed by atoms with Crippen LogP contribution in [0, 0.1) is 6.92 Å². The van der Waals surface area contributed by atoms with Crippen LogP contribution in [0.15, 0.2) is 23.2 Å². The molecule has 0 aliphatic carbocycles. The largest absolute Gasteiger partial charge is 0.265 e. The van der Waals surface area contributed by atoms with Gasteiger partial charge in [-0.15, -0.1) is 0 Å². The number of aromatic amines is 1. The summed E-state index contributed by atoms with van der Waals surface area (Å²) in [7, 11) is -3.72. The summed E-state index contributed by atoms with van der Waals surface area (Å²) >= 11 is 0. The zero-order valence-corrected chi connectivity index (χ0v) is 8.30. The molecule has 0 radical (unpaired) electrons. The van der Waals surface area contributed by atoms with Gasteiger partial charge in [-0.25, -0.2) is 13.6 Å². The van der Waals surface area contributed by atoms with Gasteiger partial charge in [0.25, 0.3) is 10.0 Å². The van der Waals surface area contributed by atoms with Crippen LogP contribution in [0.3, 0.4) is 0 Å². The Bertz CT molecular complexity index is 586. The van der Waals surface area contributed by atoms with Crippen LogP contribution in [0.2, 0.25) is 0 Å². The fourth-order valence-electron chi connectivity index (χ4n) is 1.32. The third-order valence-electron chi connectivity index (χ3n) is 1.96. The Labute approximate surface area is 81.0 Å². The molecule has 0 bridgehead atoms. The van der Waals surface area contributed by atoms with Crippen molar-refractivity contribution >= 4 is 20.9 Å². The van der Waals surface area contributed by atoms with Gasteiger partial charge in [0.1, 0.15) is 0 Å². The van der Waals surface area contributed by atoms with Gasteiger partial charge in [0.15, 0.2) is 5.03 Å². The van der Waals surface area contributed by atoms with Crippen LogP contribution in [0.4, 0.5) is 0 Å². The zero-order chi connectivity index (χ0) is 10.3. The summed E-state index contributed by atoms with van der Waals surface area (Å²) in [6.07, 6.45) is 0. The van der Waals surface area contributed by atoms with Crippen molar-refractivity contribution in [1.29, 1.82) is 0 Å². The Morgan fingerprint density at radius 3 is 2.79 bits per heavy atom. The van der Waals surface area contributed by atoms with Gasteiger partial charge in [0.05, 0.1) is 5.52 Å². The minimum atomic E-state index is -3.72. The molecular weight excluding hydrogens is 202 g/mol. The van der Waals surface area contributed by atoms with Crippen LogP contribution in [-0.2, 0) is 10.0 Å². The van der Waals surface area contributed by atoms with Crippen molar-refractivity contribution in [1.82, 2.24) is 10.2 Å². The number of H-pyrrole nitrogens is 1. The lowest BCUT2D eigenvalue weighted by Gasteiger charge is -1.95. The number of nitrogens with zero attached hydrogens (tertiary/aromatic N) is 1. The van der Waals surface area contributed by atoms with Gasteiger partial charge in [-0.05, 0) is 19.1 Å². The minimum Gasteiger partial charge on any atom is -0.265 e. The maximum atomic E-state index is 11.1. The molecule has 3 N–H and O–H groups in total. The number of sulfonamides is 1. The predicted octanol–water partition coefficient (Wildman–Crippen LogP) is 0.519. The highest BCUT2D eigenvalue weighted by atomic mass is 32.2. The average molecular weight is 211 g/mol. The van der Waals surface area contributed by atoms with Gasteiger partial charge >= 0.3 is 0 Å². The van der Waals surface area contributed by atoms with E-state index in [9.17, 15) is 8.42 Å². The number of aromatic nitrogens is 2. The smallest absolute Gasteiger partial charge is 0.255 e. The Kier molecular flexibility index (Phi) is 1.83. The second-order valence-corrected chi connectivity index (χ2v) is 4.62. The number of hydrogen-bond donors (Lipinski definition) is 2. The maximum Gasteiger partial charge on any atom is 0.255 e. The third kappa shape index (κ3) is 1.38. The molecule has 0 fully saturated rings. The van der Waals surface area contributed by atoms with Crippen molar-refractivity contribution in [3.63, 3.8) is 0 Å². The molecule has 74 valence electrons. The Balaban J connectivity index is 2.87. The Hall–Kier alpha value is -1.40. The fourth-order valence-corrected chi connectivity index (χ4v) is 1.96. The van der Waals surface area contributed by atoms with Gasteiger partial charge in [-0.1, -0.05) is 11.6 Å². The van der Waals surface area contributed by atoms with E-state index in [4.69, 9.17) is 5.14 Å². The molecule has 0 atom stereocenters. The standard InChI is InChI=1S/C8H9N3O2S/c1-5-2-3-7-6(4-5)8(11-10-7)14(9,12)13/h2-4H,1H3,(H,10,11)(H2,9,12,13). The molecule has 14 heavy (non-hydrogen) atoms.